The van der Waals surface area contributed by atoms with Gasteiger partial charge in [-0.15, -0.1) is 0 Å². The number of benzene rings is 1. The van der Waals surface area contributed by atoms with Crippen LogP contribution < -0.4 is 4.74 Å². The van der Waals surface area contributed by atoms with Gasteiger partial charge < -0.3 is 4.74 Å². The standard InChI is InChI=1S/C13H17NO2/c1-10(2)13(8-14-9-15)11-5-4-6-12(7-11)16-3/h4-7,10,13H,8H2,1-3H3. The van der Waals surface area contributed by atoms with Crippen LogP contribution in [0.15, 0.2) is 29.3 Å². The van der Waals surface area contributed by atoms with Crippen molar-refractivity contribution in [2.45, 2.75) is 19.8 Å². The topological polar surface area (TPSA) is 38.7 Å². The predicted octanol–water partition coefficient (Wildman–Crippen LogP) is 2.77. The molecule has 1 unspecified atom stereocenters. The zero-order chi connectivity index (χ0) is 12.0. The molecule has 0 saturated carbocycles. The number of aliphatic imine (C=N–C) groups is 1. The maximum atomic E-state index is 10.2. The van der Waals surface area contributed by atoms with Crippen LogP contribution in [0, 0.1) is 5.92 Å². The molecule has 0 bridgehead atoms. The first-order valence-electron chi connectivity index (χ1n) is 5.36. The van der Waals surface area contributed by atoms with E-state index in [1.165, 1.54) is 0 Å². The molecule has 0 aliphatic heterocycles. The monoisotopic (exact) mass is 219 g/mol. The number of carbonyl (C=O) groups excluding carboxylic acids is 1. The minimum Gasteiger partial charge on any atom is -0.497 e. The molecule has 0 aliphatic rings. The average molecular weight is 219 g/mol. The van der Waals surface area contributed by atoms with Crippen LogP contribution in [-0.2, 0) is 4.79 Å². The summed E-state index contributed by atoms with van der Waals surface area (Å²) in [5.41, 5.74) is 1.15. The molecule has 16 heavy (non-hydrogen) atoms. The molecule has 3 nitrogen and oxygen atoms in total. The van der Waals surface area contributed by atoms with Gasteiger partial charge in [0.1, 0.15) is 5.75 Å². The Morgan fingerprint density at radius 1 is 1.44 bits per heavy atom. The summed E-state index contributed by atoms with van der Waals surface area (Å²) in [7, 11) is 1.65. The summed E-state index contributed by atoms with van der Waals surface area (Å²) in [6, 6.07) is 7.89. The Kier molecular flexibility index (Phi) is 4.74. The number of ether oxygens (including phenoxy) is 1. The van der Waals surface area contributed by atoms with Crippen molar-refractivity contribution in [1.82, 2.24) is 0 Å². The first kappa shape index (κ1) is 12.5. The van der Waals surface area contributed by atoms with Gasteiger partial charge in [0.15, 0.2) is 0 Å². The molecule has 1 aromatic carbocycles. The largest absolute Gasteiger partial charge is 0.497 e. The predicted molar refractivity (Wildman–Crippen MR) is 63.6 cm³/mol. The van der Waals surface area contributed by atoms with Gasteiger partial charge >= 0.3 is 0 Å². The van der Waals surface area contributed by atoms with E-state index in [2.05, 4.69) is 18.8 Å². The van der Waals surface area contributed by atoms with Gasteiger partial charge in [0, 0.05) is 5.92 Å². The van der Waals surface area contributed by atoms with Gasteiger partial charge in [-0.05, 0) is 23.6 Å². The van der Waals surface area contributed by atoms with Gasteiger partial charge in [0.2, 0.25) is 6.08 Å². The third kappa shape index (κ3) is 3.21. The fourth-order valence-corrected chi connectivity index (χ4v) is 1.71. The first-order valence-corrected chi connectivity index (χ1v) is 5.36. The summed E-state index contributed by atoms with van der Waals surface area (Å²) >= 11 is 0. The second-order valence-electron chi connectivity index (χ2n) is 4.06. The SMILES string of the molecule is COc1cccc(C(CN=C=O)C(C)C)c1. The quantitative estimate of drug-likeness (QED) is 0.564. The highest BCUT2D eigenvalue weighted by Gasteiger charge is 2.15. The van der Waals surface area contributed by atoms with Gasteiger partial charge in [0.25, 0.3) is 0 Å². The molecular formula is C13H17NO2. The fraction of sp³-hybridized carbons (Fsp3) is 0.462. The van der Waals surface area contributed by atoms with Crippen molar-refractivity contribution in [3.8, 4) is 5.75 Å². The van der Waals surface area contributed by atoms with E-state index < -0.39 is 0 Å². The number of nitrogens with zero attached hydrogens (tertiary/aromatic N) is 1. The van der Waals surface area contributed by atoms with Crippen LogP contribution in [0.5, 0.6) is 5.75 Å². The van der Waals surface area contributed by atoms with Crippen molar-refractivity contribution in [2.75, 3.05) is 13.7 Å². The highest BCUT2D eigenvalue weighted by atomic mass is 16.5. The van der Waals surface area contributed by atoms with Crippen molar-refractivity contribution < 1.29 is 9.53 Å². The molecule has 0 heterocycles. The summed E-state index contributed by atoms with van der Waals surface area (Å²) in [6.45, 7) is 4.71. The van der Waals surface area contributed by atoms with Crippen LogP contribution in [0.1, 0.15) is 25.3 Å². The molecule has 0 fully saturated rings. The molecular weight excluding hydrogens is 202 g/mol. The van der Waals surface area contributed by atoms with Gasteiger partial charge in [-0.25, -0.2) is 9.79 Å². The minimum absolute atomic E-state index is 0.233. The summed E-state index contributed by atoms with van der Waals surface area (Å²) in [5.74, 6) is 1.49. The number of hydrogen-bond acceptors (Lipinski definition) is 3. The number of isocyanates is 1. The van der Waals surface area contributed by atoms with E-state index in [4.69, 9.17) is 4.74 Å². The summed E-state index contributed by atoms with van der Waals surface area (Å²) in [6.07, 6.45) is 1.60. The average Bonchev–Trinajstić information content (AvgIpc) is 2.29. The second kappa shape index (κ2) is 6.09. The van der Waals surface area contributed by atoms with Gasteiger partial charge in [-0.3, -0.25) is 0 Å². The van der Waals surface area contributed by atoms with Gasteiger partial charge in [-0.2, -0.15) is 0 Å². The van der Waals surface area contributed by atoms with E-state index in [1.54, 1.807) is 13.2 Å². The lowest BCUT2D eigenvalue weighted by molar-refractivity contribution is 0.412. The fourth-order valence-electron chi connectivity index (χ4n) is 1.71. The van der Waals surface area contributed by atoms with Crippen LogP contribution in [-0.4, -0.2) is 19.7 Å². The molecule has 1 aromatic rings. The van der Waals surface area contributed by atoms with E-state index in [0.717, 1.165) is 11.3 Å². The normalized spacial score (nSPS) is 12.0. The molecule has 0 saturated heterocycles. The summed E-state index contributed by atoms with van der Waals surface area (Å²) in [4.78, 5) is 13.8. The third-order valence-electron chi connectivity index (χ3n) is 2.68. The van der Waals surface area contributed by atoms with Crippen LogP contribution >= 0.6 is 0 Å². The lowest BCUT2D eigenvalue weighted by Gasteiger charge is -2.19. The Balaban J connectivity index is 2.95. The van der Waals surface area contributed by atoms with E-state index in [0.29, 0.717) is 12.5 Å². The molecule has 0 amide bonds. The lowest BCUT2D eigenvalue weighted by Crippen LogP contribution is -2.10. The van der Waals surface area contributed by atoms with Crippen molar-refractivity contribution in [3.63, 3.8) is 0 Å². The van der Waals surface area contributed by atoms with Crippen molar-refractivity contribution in [1.29, 1.82) is 0 Å². The maximum Gasteiger partial charge on any atom is 0.234 e. The van der Waals surface area contributed by atoms with E-state index in [9.17, 15) is 4.79 Å². The number of methoxy groups -OCH3 is 1. The third-order valence-corrected chi connectivity index (χ3v) is 2.68. The molecule has 0 N–H and O–H groups in total. The highest BCUT2D eigenvalue weighted by molar-refractivity contribution is 5.35. The van der Waals surface area contributed by atoms with Crippen molar-refractivity contribution in [3.05, 3.63) is 29.8 Å². The molecule has 0 aliphatic carbocycles. The number of rotatable bonds is 5. The van der Waals surface area contributed by atoms with E-state index in [1.807, 2.05) is 24.3 Å². The van der Waals surface area contributed by atoms with E-state index >= 15 is 0 Å². The smallest absolute Gasteiger partial charge is 0.234 e. The number of hydrogen-bond donors (Lipinski definition) is 0. The minimum atomic E-state index is 0.233. The van der Waals surface area contributed by atoms with Crippen LogP contribution in [0.3, 0.4) is 0 Å². The Morgan fingerprint density at radius 2 is 2.19 bits per heavy atom. The summed E-state index contributed by atoms with van der Waals surface area (Å²) < 4.78 is 5.18. The Bertz CT molecular complexity index is 381. The van der Waals surface area contributed by atoms with Gasteiger partial charge in [-0.1, -0.05) is 26.0 Å². The molecule has 0 radical (unpaired) electrons. The summed E-state index contributed by atoms with van der Waals surface area (Å²) in [5, 5.41) is 0. The lowest BCUT2D eigenvalue weighted by atomic mass is 9.88. The highest BCUT2D eigenvalue weighted by Crippen LogP contribution is 2.27. The van der Waals surface area contributed by atoms with Crippen LogP contribution in [0.25, 0.3) is 0 Å². The Hall–Kier alpha value is -1.60. The zero-order valence-corrected chi connectivity index (χ0v) is 9.93. The molecule has 3 heteroatoms. The zero-order valence-electron chi connectivity index (χ0n) is 9.93. The first-order chi connectivity index (χ1) is 7.69. The van der Waals surface area contributed by atoms with Gasteiger partial charge in [0.05, 0.1) is 13.7 Å². The molecule has 0 aromatic heterocycles. The van der Waals surface area contributed by atoms with Crippen molar-refractivity contribution in [2.24, 2.45) is 10.9 Å². The molecule has 0 spiro atoms. The van der Waals surface area contributed by atoms with Crippen LogP contribution in [0.4, 0.5) is 0 Å². The Labute approximate surface area is 96.2 Å². The molecule has 1 rings (SSSR count). The maximum absolute atomic E-state index is 10.2. The second-order valence-corrected chi connectivity index (χ2v) is 4.06. The molecule has 1 atom stereocenters. The Morgan fingerprint density at radius 3 is 2.75 bits per heavy atom. The molecule has 86 valence electrons. The van der Waals surface area contributed by atoms with Crippen molar-refractivity contribution >= 4 is 6.08 Å². The van der Waals surface area contributed by atoms with E-state index in [-0.39, 0.29) is 5.92 Å². The van der Waals surface area contributed by atoms with Crippen LogP contribution in [0.2, 0.25) is 0 Å².